The van der Waals surface area contributed by atoms with Gasteiger partial charge in [-0.2, -0.15) is 4.98 Å². The normalized spacial score (nSPS) is 10.7. The minimum Gasteiger partial charge on any atom is -0.434 e. The Morgan fingerprint density at radius 2 is 1.93 bits per heavy atom. The SMILES string of the molecule is Cc1cc(-c2nc3ncccc3o2)ccc1NC(=S)NC(=O)c1ccc(F)cc1. The van der Waals surface area contributed by atoms with Crippen molar-refractivity contribution in [1.82, 2.24) is 15.3 Å². The number of benzene rings is 2. The first-order chi connectivity index (χ1) is 14.0. The highest BCUT2D eigenvalue weighted by Gasteiger charge is 2.12. The molecule has 0 saturated heterocycles. The molecule has 4 aromatic rings. The van der Waals surface area contributed by atoms with Crippen molar-refractivity contribution in [2.24, 2.45) is 0 Å². The zero-order chi connectivity index (χ0) is 20.4. The minimum atomic E-state index is -0.421. The lowest BCUT2D eigenvalue weighted by molar-refractivity contribution is 0.0977. The number of pyridine rings is 1. The van der Waals surface area contributed by atoms with Gasteiger partial charge >= 0.3 is 0 Å². The van der Waals surface area contributed by atoms with E-state index >= 15 is 0 Å². The maximum Gasteiger partial charge on any atom is 0.257 e. The Bertz CT molecular complexity index is 1190. The highest BCUT2D eigenvalue weighted by Crippen LogP contribution is 2.26. The maximum absolute atomic E-state index is 13.0. The molecule has 4 rings (SSSR count). The van der Waals surface area contributed by atoms with Crippen LogP contribution >= 0.6 is 12.2 Å². The third kappa shape index (κ3) is 4.12. The molecule has 0 fully saturated rings. The van der Waals surface area contributed by atoms with E-state index in [9.17, 15) is 9.18 Å². The molecule has 0 atom stereocenters. The van der Waals surface area contributed by atoms with Gasteiger partial charge in [-0.15, -0.1) is 0 Å². The molecule has 8 heteroatoms. The van der Waals surface area contributed by atoms with Crippen LogP contribution in [0.25, 0.3) is 22.7 Å². The number of hydrogen-bond acceptors (Lipinski definition) is 5. The summed E-state index contributed by atoms with van der Waals surface area (Å²) >= 11 is 5.21. The second-order valence-electron chi connectivity index (χ2n) is 6.29. The zero-order valence-corrected chi connectivity index (χ0v) is 16.1. The monoisotopic (exact) mass is 406 g/mol. The lowest BCUT2D eigenvalue weighted by Gasteiger charge is -2.12. The molecule has 1 amide bonds. The summed E-state index contributed by atoms with van der Waals surface area (Å²) in [5, 5.41) is 5.70. The van der Waals surface area contributed by atoms with E-state index in [-0.39, 0.29) is 5.11 Å². The van der Waals surface area contributed by atoms with Gasteiger partial charge in [-0.05, 0) is 79.3 Å². The van der Waals surface area contributed by atoms with Crippen LogP contribution in [-0.4, -0.2) is 21.0 Å². The summed E-state index contributed by atoms with van der Waals surface area (Å²) in [5.74, 6) is -0.357. The van der Waals surface area contributed by atoms with E-state index in [0.717, 1.165) is 16.8 Å². The summed E-state index contributed by atoms with van der Waals surface area (Å²) in [5.41, 5.74) is 3.89. The van der Waals surface area contributed by atoms with Crippen LogP contribution < -0.4 is 10.6 Å². The van der Waals surface area contributed by atoms with Crippen LogP contribution in [-0.2, 0) is 0 Å². The molecule has 29 heavy (non-hydrogen) atoms. The number of fused-ring (bicyclic) bond motifs is 1. The fourth-order valence-corrected chi connectivity index (χ4v) is 2.96. The van der Waals surface area contributed by atoms with E-state index in [1.54, 1.807) is 12.3 Å². The number of nitrogens with one attached hydrogen (secondary N) is 2. The third-order valence-electron chi connectivity index (χ3n) is 4.22. The quantitative estimate of drug-likeness (QED) is 0.489. The van der Waals surface area contributed by atoms with Gasteiger partial charge in [0, 0.05) is 23.0 Å². The molecule has 2 aromatic carbocycles. The summed E-state index contributed by atoms with van der Waals surface area (Å²) in [4.78, 5) is 20.7. The first-order valence-corrected chi connectivity index (χ1v) is 9.11. The number of halogens is 1. The first kappa shape index (κ1) is 18.7. The van der Waals surface area contributed by atoms with Crippen molar-refractivity contribution >= 4 is 40.2 Å². The molecule has 2 heterocycles. The highest BCUT2D eigenvalue weighted by atomic mass is 32.1. The molecule has 2 N–H and O–H groups in total. The smallest absolute Gasteiger partial charge is 0.257 e. The highest BCUT2D eigenvalue weighted by molar-refractivity contribution is 7.80. The fourth-order valence-electron chi connectivity index (χ4n) is 2.76. The van der Waals surface area contributed by atoms with Crippen LogP contribution in [0.1, 0.15) is 15.9 Å². The van der Waals surface area contributed by atoms with Gasteiger partial charge in [-0.1, -0.05) is 0 Å². The molecule has 0 aliphatic heterocycles. The number of anilines is 1. The van der Waals surface area contributed by atoms with Crippen molar-refractivity contribution in [3.05, 3.63) is 77.7 Å². The van der Waals surface area contributed by atoms with E-state index in [2.05, 4.69) is 20.6 Å². The van der Waals surface area contributed by atoms with Gasteiger partial charge in [0.2, 0.25) is 5.89 Å². The van der Waals surface area contributed by atoms with Crippen LogP contribution in [0.5, 0.6) is 0 Å². The second kappa shape index (κ2) is 7.76. The molecule has 2 aromatic heterocycles. The van der Waals surface area contributed by atoms with Crippen molar-refractivity contribution in [1.29, 1.82) is 0 Å². The van der Waals surface area contributed by atoms with Crippen LogP contribution in [0.3, 0.4) is 0 Å². The Labute approximate surface area is 170 Å². The number of oxazole rings is 1. The number of carbonyl (C=O) groups is 1. The van der Waals surface area contributed by atoms with Crippen LogP contribution in [0.2, 0.25) is 0 Å². The summed E-state index contributed by atoms with van der Waals surface area (Å²) in [7, 11) is 0. The molecule has 0 saturated carbocycles. The second-order valence-corrected chi connectivity index (χ2v) is 6.70. The number of carbonyl (C=O) groups excluding carboxylic acids is 1. The Morgan fingerprint density at radius 1 is 1.14 bits per heavy atom. The molecule has 0 bridgehead atoms. The lowest BCUT2D eigenvalue weighted by Crippen LogP contribution is -2.34. The van der Waals surface area contributed by atoms with E-state index < -0.39 is 11.7 Å². The van der Waals surface area contributed by atoms with Gasteiger partial charge in [-0.3, -0.25) is 10.1 Å². The van der Waals surface area contributed by atoms with Gasteiger partial charge in [0.05, 0.1) is 0 Å². The van der Waals surface area contributed by atoms with Crippen molar-refractivity contribution in [3.8, 4) is 11.5 Å². The standard InChI is InChI=1S/C21H15FN4O2S/c1-12-11-14(20-25-18-17(28-20)3-2-10-23-18)6-9-16(12)24-21(29)26-19(27)13-4-7-15(22)8-5-13/h2-11H,1H3,(H2,24,26,27,29). The largest absolute Gasteiger partial charge is 0.434 e. The fraction of sp³-hybridized carbons (Fsp3) is 0.0476. The Balaban J connectivity index is 1.47. The van der Waals surface area contributed by atoms with E-state index in [4.69, 9.17) is 16.6 Å². The summed E-state index contributed by atoms with van der Waals surface area (Å²) in [6.45, 7) is 1.90. The molecule has 144 valence electrons. The number of hydrogen-bond donors (Lipinski definition) is 2. The number of thiocarbonyl (C=S) groups is 1. The first-order valence-electron chi connectivity index (χ1n) is 8.70. The van der Waals surface area contributed by atoms with Crippen LogP contribution in [0.15, 0.2) is 65.2 Å². The molecular formula is C21H15FN4O2S. The van der Waals surface area contributed by atoms with Gasteiger partial charge in [0.25, 0.3) is 5.91 Å². The van der Waals surface area contributed by atoms with Gasteiger partial charge in [0.15, 0.2) is 16.3 Å². The number of nitrogens with zero attached hydrogens (tertiary/aromatic N) is 2. The number of aromatic nitrogens is 2. The number of amides is 1. The Morgan fingerprint density at radius 3 is 2.66 bits per heavy atom. The third-order valence-corrected chi connectivity index (χ3v) is 4.42. The molecular weight excluding hydrogens is 391 g/mol. The molecule has 0 aliphatic rings. The molecule has 0 unspecified atom stereocenters. The molecule has 6 nitrogen and oxygen atoms in total. The number of aryl methyl sites for hydroxylation is 1. The average Bonchev–Trinajstić information content (AvgIpc) is 3.14. The Hall–Kier alpha value is -3.65. The maximum atomic E-state index is 13.0. The minimum absolute atomic E-state index is 0.140. The summed E-state index contributed by atoms with van der Waals surface area (Å²) < 4.78 is 18.7. The van der Waals surface area contributed by atoms with Crippen molar-refractivity contribution < 1.29 is 13.6 Å². The predicted octanol–water partition coefficient (Wildman–Crippen LogP) is 4.46. The van der Waals surface area contributed by atoms with Crippen LogP contribution in [0.4, 0.5) is 10.1 Å². The average molecular weight is 406 g/mol. The molecule has 0 radical (unpaired) electrons. The van der Waals surface area contributed by atoms with Gasteiger partial charge < -0.3 is 9.73 Å². The Kier molecular flexibility index (Phi) is 5.01. The predicted molar refractivity (Wildman–Crippen MR) is 112 cm³/mol. The topological polar surface area (TPSA) is 80.1 Å². The van der Waals surface area contributed by atoms with E-state index in [0.29, 0.717) is 22.7 Å². The summed E-state index contributed by atoms with van der Waals surface area (Å²) in [6.07, 6.45) is 1.66. The van der Waals surface area contributed by atoms with Crippen LogP contribution in [0, 0.1) is 12.7 Å². The van der Waals surface area contributed by atoms with Gasteiger partial charge in [-0.25, -0.2) is 9.37 Å². The van der Waals surface area contributed by atoms with Crippen molar-refractivity contribution in [2.45, 2.75) is 6.92 Å². The zero-order valence-electron chi connectivity index (χ0n) is 15.3. The van der Waals surface area contributed by atoms with Gasteiger partial charge in [0.1, 0.15) is 5.82 Å². The molecule has 0 spiro atoms. The van der Waals surface area contributed by atoms with Crippen molar-refractivity contribution in [3.63, 3.8) is 0 Å². The number of rotatable bonds is 3. The molecule has 0 aliphatic carbocycles. The lowest BCUT2D eigenvalue weighted by atomic mass is 10.1. The van der Waals surface area contributed by atoms with E-state index in [1.807, 2.05) is 31.2 Å². The van der Waals surface area contributed by atoms with Crippen molar-refractivity contribution in [2.75, 3.05) is 5.32 Å². The van der Waals surface area contributed by atoms with E-state index in [1.165, 1.54) is 24.3 Å². The summed E-state index contributed by atoms with van der Waals surface area (Å²) in [6, 6.07) is 14.4.